The van der Waals surface area contributed by atoms with Crippen molar-refractivity contribution in [2.45, 2.75) is 11.3 Å². The average molecular weight is 242 g/mol. The minimum atomic E-state index is 0. The topological polar surface area (TPSA) is 12.0 Å². The Bertz CT molecular complexity index is 332. The zero-order valence-corrected chi connectivity index (χ0v) is 10.5. The first-order valence-corrected chi connectivity index (χ1v) is 6.17. The van der Waals surface area contributed by atoms with Gasteiger partial charge in [-0.1, -0.05) is 18.2 Å². The summed E-state index contributed by atoms with van der Waals surface area (Å²) in [7, 11) is 0. The van der Waals surface area contributed by atoms with Gasteiger partial charge in [0.1, 0.15) is 0 Å². The van der Waals surface area contributed by atoms with Crippen LogP contribution in [0.5, 0.6) is 0 Å². The maximum Gasteiger partial charge on any atom is 0.0140 e. The third kappa shape index (κ3) is 3.26. The molecule has 3 heteroatoms. The zero-order chi connectivity index (χ0) is 9.80. The second-order valence-corrected chi connectivity index (χ2v) is 4.29. The highest BCUT2D eigenvalue weighted by Crippen LogP contribution is 2.22. The monoisotopic (exact) mass is 241 g/mol. The molecule has 0 atom stereocenters. The quantitative estimate of drug-likeness (QED) is 0.799. The Labute approximate surface area is 102 Å². The van der Waals surface area contributed by atoms with Gasteiger partial charge < -0.3 is 5.32 Å². The Morgan fingerprint density at radius 2 is 1.93 bits per heavy atom. The van der Waals surface area contributed by atoms with E-state index < -0.39 is 0 Å². The van der Waals surface area contributed by atoms with Gasteiger partial charge in [-0.3, -0.25) is 0 Å². The largest absolute Gasteiger partial charge is 0.313 e. The van der Waals surface area contributed by atoms with Crippen LogP contribution in [0, 0.1) is 0 Å². The highest BCUT2D eigenvalue weighted by molar-refractivity contribution is 7.98. The van der Waals surface area contributed by atoms with Gasteiger partial charge in [-0.2, -0.15) is 0 Å². The minimum Gasteiger partial charge on any atom is -0.313 e. The van der Waals surface area contributed by atoms with Gasteiger partial charge in [-0.25, -0.2) is 0 Å². The number of thioether (sulfide) groups is 1. The zero-order valence-electron chi connectivity index (χ0n) is 8.82. The van der Waals surface area contributed by atoms with Crippen LogP contribution in [0.1, 0.15) is 12.0 Å². The molecule has 0 aromatic heterocycles. The summed E-state index contributed by atoms with van der Waals surface area (Å²) >= 11 is 1.79. The van der Waals surface area contributed by atoms with Crippen molar-refractivity contribution < 1.29 is 0 Å². The molecule has 1 N–H and O–H groups in total. The number of rotatable bonds is 2. The Morgan fingerprint density at radius 1 is 1.20 bits per heavy atom. The van der Waals surface area contributed by atoms with E-state index in [4.69, 9.17) is 0 Å². The Morgan fingerprint density at radius 3 is 2.47 bits per heavy atom. The van der Waals surface area contributed by atoms with Gasteiger partial charge in [0.2, 0.25) is 0 Å². The van der Waals surface area contributed by atoms with Crippen molar-refractivity contribution in [1.29, 1.82) is 0 Å². The first-order valence-electron chi connectivity index (χ1n) is 4.94. The maximum atomic E-state index is 3.33. The molecule has 1 aromatic carbocycles. The first-order chi connectivity index (χ1) is 6.90. The van der Waals surface area contributed by atoms with E-state index in [1.165, 1.54) is 16.0 Å². The average Bonchev–Trinajstić information content (AvgIpc) is 2.30. The van der Waals surface area contributed by atoms with Crippen LogP contribution in [0.2, 0.25) is 0 Å². The number of benzene rings is 1. The van der Waals surface area contributed by atoms with Crippen LogP contribution < -0.4 is 5.32 Å². The van der Waals surface area contributed by atoms with E-state index in [1.807, 2.05) is 0 Å². The molecule has 1 heterocycles. The Balaban J connectivity index is 0.00000112. The lowest BCUT2D eigenvalue weighted by Gasteiger charge is -2.14. The third-order valence-corrected chi connectivity index (χ3v) is 3.27. The van der Waals surface area contributed by atoms with E-state index in [2.05, 4.69) is 41.9 Å². The van der Waals surface area contributed by atoms with Gasteiger partial charge in [0, 0.05) is 11.4 Å². The minimum absolute atomic E-state index is 0. The fraction of sp³-hybridized carbons (Fsp3) is 0.333. The molecule has 1 aromatic rings. The van der Waals surface area contributed by atoms with Crippen molar-refractivity contribution in [3.63, 3.8) is 0 Å². The van der Waals surface area contributed by atoms with Crippen LogP contribution in [0.3, 0.4) is 0 Å². The van der Waals surface area contributed by atoms with E-state index >= 15 is 0 Å². The van der Waals surface area contributed by atoms with E-state index in [0.29, 0.717) is 0 Å². The van der Waals surface area contributed by atoms with Crippen LogP contribution in [-0.2, 0) is 0 Å². The fourth-order valence-electron chi connectivity index (χ4n) is 1.69. The normalized spacial score (nSPS) is 15.4. The van der Waals surface area contributed by atoms with Crippen molar-refractivity contribution >= 4 is 29.7 Å². The lowest BCUT2D eigenvalue weighted by Crippen LogP contribution is -2.19. The van der Waals surface area contributed by atoms with Gasteiger partial charge >= 0.3 is 0 Å². The molecule has 0 unspecified atom stereocenters. The molecule has 0 bridgehead atoms. The third-order valence-electron chi connectivity index (χ3n) is 2.52. The molecule has 0 saturated carbocycles. The van der Waals surface area contributed by atoms with Gasteiger partial charge in [-0.15, -0.1) is 24.2 Å². The summed E-state index contributed by atoms with van der Waals surface area (Å²) in [6.45, 7) is 2.12. The smallest absolute Gasteiger partial charge is 0.0140 e. The Kier molecular flexibility index (Phi) is 5.23. The standard InChI is InChI=1S/C12H15NS.ClH/c1-14-12-4-2-10(3-5-12)11-6-8-13-9-7-11;/h2-6,13H,7-9H2,1H3;1H. The Hall–Kier alpha value is -0.440. The lowest BCUT2D eigenvalue weighted by atomic mass is 10.0. The molecule has 1 aliphatic rings. The van der Waals surface area contributed by atoms with Crippen LogP contribution in [0.15, 0.2) is 35.2 Å². The predicted octanol–water partition coefficient (Wildman–Crippen LogP) is 3.21. The molecule has 0 amide bonds. The molecule has 2 rings (SSSR count). The van der Waals surface area contributed by atoms with Crippen molar-refractivity contribution in [1.82, 2.24) is 5.32 Å². The van der Waals surface area contributed by atoms with Crippen molar-refractivity contribution in [3.05, 3.63) is 35.9 Å². The molecule has 15 heavy (non-hydrogen) atoms. The molecule has 0 spiro atoms. The molecule has 1 aliphatic heterocycles. The van der Waals surface area contributed by atoms with E-state index in [0.717, 1.165) is 19.5 Å². The summed E-state index contributed by atoms with van der Waals surface area (Å²) in [6.07, 6.45) is 5.55. The van der Waals surface area contributed by atoms with Crippen molar-refractivity contribution in [2.24, 2.45) is 0 Å². The van der Waals surface area contributed by atoms with Crippen molar-refractivity contribution in [3.8, 4) is 0 Å². The van der Waals surface area contributed by atoms with Gasteiger partial charge in [0.15, 0.2) is 0 Å². The van der Waals surface area contributed by atoms with Crippen LogP contribution in [-0.4, -0.2) is 19.3 Å². The summed E-state index contributed by atoms with van der Waals surface area (Å²) in [6, 6.07) is 8.84. The van der Waals surface area contributed by atoms with Crippen LogP contribution >= 0.6 is 24.2 Å². The molecule has 0 saturated heterocycles. The van der Waals surface area contributed by atoms with Gasteiger partial charge in [-0.05, 0) is 42.5 Å². The highest BCUT2D eigenvalue weighted by Gasteiger charge is 2.04. The molecule has 0 fully saturated rings. The SMILES string of the molecule is CSc1ccc(C2=CCNCC2)cc1.Cl. The summed E-state index contributed by atoms with van der Waals surface area (Å²) < 4.78 is 0. The highest BCUT2D eigenvalue weighted by atomic mass is 35.5. The van der Waals surface area contributed by atoms with Gasteiger partial charge in [0.25, 0.3) is 0 Å². The molecule has 0 radical (unpaired) electrons. The molecule has 82 valence electrons. The van der Waals surface area contributed by atoms with Crippen molar-refractivity contribution in [2.75, 3.05) is 19.3 Å². The lowest BCUT2D eigenvalue weighted by molar-refractivity contribution is 0.738. The molecular weight excluding hydrogens is 226 g/mol. The second kappa shape index (κ2) is 6.21. The van der Waals surface area contributed by atoms with E-state index in [-0.39, 0.29) is 12.4 Å². The second-order valence-electron chi connectivity index (χ2n) is 3.41. The molecular formula is C12H16ClNS. The number of hydrogen-bond acceptors (Lipinski definition) is 2. The van der Waals surface area contributed by atoms with Crippen LogP contribution in [0.25, 0.3) is 5.57 Å². The number of nitrogens with one attached hydrogen (secondary N) is 1. The molecule has 0 aliphatic carbocycles. The summed E-state index contributed by atoms with van der Waals surface area (Å²) in [5.74, 6) is 0. The summed E-state index contributed by atoms with van der Waals surface area (Å²) in [4.78, 5) is 1.34. The molecule has 1 nitrogen and oxygen atoms in total. The maximum absolute atomic E-state index is 3.33. The van der Waals surface area contributed by atoms with E-state index in [9.17, 15) is 0 Å². The fourth-order valence-corrected chi connectivity index (χ4v) is 2.10. The number of halogens is 1. The van der Waals surface area contributed by atoms with E-state index in [1.54, 1.807) is 11.8 Å². The predicted molar refractivity (Wildman–Crippen MR) is 70.9 cm³/mol. The summed E-state index contributed by atoms with van der Waals surface area (Å²) in [5, 5.41) is 3.33. The van der Waals surface area contributed by atoms with Gasteiger partial charge in [0.05, 0.1) is 0 Å². The number of hydrogen-bond donors (Lipinski definition) is 1. The van der Waals surface area contributed by atoms with Crippen LogP contribution in [0.4, 0.5) is 0 Å². The summed E-state index contributed by atoms with van der Waals surface area (Å²) in [5.41, 5.74) is 2.86. The first kappa shape index (κ1) is 12.6.